The van der Waals surface area contributed by atoms with Crippen molar-refractivity contribution < 1.29 is 5.11 Å². The number of phenolic OH excluding ortho intramolecular Hbond substituents is 1. The second kappa shape index (κ2) is 3.88. The van der Waals surface area contributed by atoms with E-state index < -0.39 is 0 Å². The van der Waals surface area contributed by atoms with Gasteiger partial charge >= 0.3 is 0 Å². The molecule has 4 nitrogen and oxygen atoms in total. The van der Waals surface area contributed by atoms with Crippen LogP contribution >= 0.6 is 0 Å². The van der Waals surface area contributed by atoms with Crippen molar-refractivity contribution in [3.8, 4) is 5.75 Å². The van der Waals surface area contributed by atoms with Crippen LogP contribution in [0.1, 0.15) is 0 Å². The maximum absolute atomic E-state index is 9.10. The van der Waals surface area contributed by atoms with Gasteiger partial charge in [-0.2, -0.15) is 0 Å². The molecule has 1 aromatic carbocycles. The van der Waals surface area contributed by atoms with Crippen LogP contribution in [0.2, 0.25) is 0 Å². The van der Waals surface area contributed by atoms with Gasteiger partial charge in [-0.25, -0.2) is 4.98 Å². The van der Waals surface area contributed by atoms with Crippen LogP contribution in [0.4, 0.5) is 17.2 Å². The van der Waals surface area contributed by atoms with E-state index in [-0.39, 0.29) is 5.75 Å². The van der Waals surface area contributed by atoms with Crippen molar-refractivity contribution in [1.82, 2.24) is 4.98 Å². The standard InChI is InChI=1S/C11H11N3O/c12-11-6-3-9(7-13-11)14-8-1-4-10(15)5-2-8/h1-7,14-15H,(H2,12,13). The summed E-state index contributed by atoms with van der Waals surface area (Å²) in [6.45, 7) is 0. The van der Waals surface area contributed by atoms with Crippen molar-refractivity contribution in [3.05, 3.63) is 42.6 Å². The minimum absolute atomic E-state index is 0.246. The lowest BCUT2D eigenvalue weighted by atomic mass is 10.3. The number of nitrogens with two attached hydrogens (primary N) is 1. The highest BCUT2D eigenvalue weighted by molar-refractivity contribution is 5.60. The summed E-state index contributed by atoms with van der Waals surface area (Å²) in [6, 6.07) is 10.4. The average molecular weight is 201 g/mol. The zero-order valence-electron chi connectivity index (χ0n) is 8.01. The fraction of sp³-hybridized carbons (Fsp3) is 0. The summed E-state index contributed by atoms with van der Waals surface area (Å²) in [5.74, 6) is 0.738. The highest BCUT2D eigenvalue weighted by Crippen LogP contribution is 2.18. The van der Waals surface area contributed by atoms with Gasteiger partial charge in [0.1, 0.15) is 11.6 Å². The Bertz CT molecular complexity index is 393. The fourth-order valence-corrected chi connectivity index (χ4v) is 1.19. The zero-order valence-corrected chi connectivity index (χ0v) is 8.01. The summed E-state index contributed by atoms with van der Waals surface area (Å²) < 4.78 is 0. The number of rotatable bonds is 2. The number of hydrogen-bond donors (Lipinski definition) is 3. The Hall–Kier alpha value is -2.23. The van der Waals surface area contributed by atoms with Gasteiger partial charge in [-0.1, -0.05) is 0 Å². The quantitative estimate of drug-likeness (QED) is 0.651. The number of hydrogen-bond acceptors (Lipinski definition) is 4. The Morgan fingerprint density at radius 3 is 2.27 bits per heavy atom. The van der Waals surface area contributed by atoms with Crippen LogP contribution in [0.15, 0.2) is 42.6 Å². The maximum Gasteiger partial charge on any atom is 0.123 e. The molecular weight excluding hydrogens is 190 g/mol. The zero-order chi connectivity index (χ0) is 10.7. The van der Waals surface area contributed by atoms with E-state index in [9.17, 15) is 0 Å². The minimum atomic E-state index is 0.246. The summed E-state index contributed by atoms with van der Waals surface area (Å²) in [4.78, 5) is 3.96. The van der Waals surface area contributed by atoms with Crippen LogP contribution in [0.25, 0.3) is 0 Å². The number of nitrogen functional groups attached to an aromatic ring is 1. The average Bonchev–Trinajstić information content (AvgIpc) is 2.25. The largest absolute Gasteiger partial charge is 0.508 e. The Labute approximate surface area is 87.4 Å². The third kappa shape index (κ3) is 2.37. The van der Waals surface area contributed by atoms with E-state index in [1.165, 1.54) is 0 Å². The van der Waals surface area contributed by atoms with E-state index in [0.29, 0.717) is 5.82 Å². The van der Waals surface area contributed by atoms with Gasteiger partial charge in [0.25, 0.3) is 0 Å². The molecule has 0 fully saturated rings. The van der Waals surface area contributed by atoms with Gasteiger partial charge in [-0.15, -0.1) is 0 Å². The molecule has 0 aliphatic carbocycles. The van der Waals surface area contributed by atoms with Crippen LogP contribution in [0.3, 0.4) is 0 Å². The normalized spacial score (nSPS) is 9.87. The lowest BCUT2D eigenvalue weighted by Crippen LogP contribution is -1.93. The molecule has 1 aromatic heterocycles. The smallest absolute Gasteiger partial charge is 0.123 e. The highest BCUT2D eigenvalue weighted by atomic mass is 16.3. The Morgan fingerprint density at radius 2 is 1.67 bits per heavy atom. The number of pyridine rings is 1. The molecule has 2 aromatic rings. The molecule has 0 bridgehead atoms. The molecule has 0 radical (unpaired) electrons. The van der Waals surface area contributed by atoms with E-state index in [4.69, 9.17) is 10.8 Å². The third-order valence-corrected chi connectivity index (χ3v) is 1.94. The van der Waals surface area contributed by atoms with Crippen molar-refractivity contribution in [2.75, 3.05) is 11.1 Å². The molecule has 0 unspecified atom stereocenters. The van der Waals surface area contributed by atoms with Crippen LogP contribution in [-0.2, 0) is 0 Å². The third-order valence-electron chi connectivity index (χ3n) is 1.94. The number of nitrogens with one attached hydrogen (secondary N) is 1. The molecule has 0 saturated carbocycles. The Morgan fingerprint density at radius 1 is 1.00 bits per heavy atom. The van der Waals surface area contributed by atoms with Crippen molar-refractivity contribution in [3.63, 3.8) is 0 Å². The first kappa shape index (κ1) is 9.33. The first-order chi connectivity index (χ1) is 7.24. The number of aromatic hydroxyl groups is 1. The summed E-state index contributed by atoms with van der Waals surface area (Å²) in [5.41, 5.74) is 7.21. The Kier molecular flexibility index (Phi) is 2.41. The molecule has 2 rings (SSSR count). The van der Waals surface area contributed by atoms with Gasteiger partial charge in [0.15, 0.2) is 0 Å². The van der Waals surface area contributed by atoms with Gasteiger partial charge in [-0.05, 0) is 36.4 Å². The lowest BCUT2D eigenvalue weighted by Gasteiger charge is -2.05. The molecule has 76 valence electrons. The van der Waals surface area contributed by atoms with Gasteiger partial charge in [0, 0.05) is 5.69 Å². The summed E-state index contributed by atoms with van der Waals surface area (Å²) in [7, 11) is 0. The van der Waals surface area contributed by atoms with E-state index in [2.05, 4.69) is 10.3 Å². The molecule has 0 saturated heterocycles. The molecule has 0 atom stereocenters. The monoisotopic (exact) mass is 201 g/mol. The molecule has 0 amide bonds. The molecule has 15 heavy (non-hydrogen) atoms. The molecule has 0 aliphatic rings. The molecular formula is C11H11N3O. The summed E-state index contributed by atoms with van der Waals surface area (Å²) >= 11 is 0. The van der Waals surface area contributed by atoms with E-state index in [1.54, 1.807) is 36.5 Å². The second-order valence-corrected chi connectivity index (χ2v) is 3.14. The minimum Gasteiger partial charge on any atom is -0.508 e. The first-order valence-corrected chi connectivity index (χ1v) is 4.51. The molecule has 1 heterocycles. The SMILES string of the molecule is Nc1ccc(Nc2ccc(O)cc2)cn1. The number of nitrogens with zero attached hydrogens (tertiary/aromatic N) is 1. The topological polar surface area (TPSA) is 71.2 Å². The van der Waals surface area contributed by atoms with E-state index in [0.717, 1.165) is 11.4 Å². The van der Waals surface area contributed by atoms with Crippen molar-refractivity contribution >= 4 is 17.2 Å². The van der Waals surface area contributed by atoms with Crippen LogP contribution < -0.4 is 11.1 Å². The van der Waals surface area contributed by atoms with Crippen molar-refractivity contribution in [1.29, 1.82) is 0 Å². The molecule has 0 aliphatic heterocycles. The number of phenols is 1. The van der Waals surface area contributed by atoms with Gasteiger partial charge in [0.05, 0.1) is 11.9 Å². The molecule has 4 N–H and O–H groups in total. The van der Waals surface area contributed by atoms with E-state index >= 15 is 0 Å². The Balaban J connectivity index is 2.15. The number of anilines is 3. The van der Waals surface area contributed by atoms with Crippen molar-refractivity contribution in [2.24, 2.45) is 0 Å². The number of aromatic nitrogens is 1. The van der Waals surface area contributed by atoms with E-state index in [1.807, 2.05) is 6.07 Å². The second-order valence-electron chi connectivity index (χ2n) is 3.14. The van der Waals surface area contributed by atoms with Crippen LogP contribution in [0, 0.1) is 0 Å². The fourth-order valence-electron chi connectivity index (χ4n) is 1.19. The summed E-state index contributed by atoms with van der Waals surface area (Å²) in [5, 5.41) is 12.2. The molecule has 4 heteroatoms. The maximum atomic E-state index is 9.10. The lowest BCUT2D eigenvalue weighted by molar-refractivity contribution is 0.475. The van der Waals surface area contributed by atoms with Crippen LogP contribution in [-0.4, -0.2) is 10.1 Å². The first-order valence-electron chi connectivity index (χ1n) is 4.51. The highest BCUT2D eigenvalue weighted by Gasteiger charge is 1.95. The predicted octanol–water partition coefficient (Wildman–Crippen LogP) is 2.11. The molecule has 0 spiro atoms. The summed E-state index contributed by atoms with van der Waals surface area (Å²) in [6.07, 6.45) is 1.65. The van der Waals surface area contributed by atoms with Crippen LogP contribution in [0.5, 0.6) is 5.75 Å². The van der Waals surface area contributed by atoms with Gasteiger partial charge < -0.3 is 16.2 Å². The number of benzene rings is 1. The van der Waals surface area contributed by atoms with Crippen molar-refractivity contribution in [2.45, 2.75) is 0 Å². The van der Waals surface area contributed by atoms with Gasteiger partial charge in [-0.3, -0.25) is 0 Å². The predicted molar refractivity (Wildman–Crippen MR) is 60.0 cm³/mol. The van der Waals surface area contributed by atoms with Gasteiger partial charge in [0.2, 0.25) is 0 Å².